The van der Waals surface area contributed by atoms with Gasteiger partial charge >= 0.3 is 0 Å². The van der Waals surface area contributed by atoms with E-state index in [0.717, 1.165) is 19.6 Å². The molecule has 0 saturated carbocycles. The standard InChI is InChI=1S/C24H25N3/c1-17-5-2-3-7-21(17)19-8-10-20(11-9-19)24-22-15-27(16-23(24)26-22)14-18-6-4-12-25-13-18/h2-13,22-24,26H,14-16H2,1H3/t22-,23+,24?. The molecule has 3 aliphatic rings. The minimum atomic E-state index is 0.560. The summed E-state index contributed by atoms with van der Waals surface area (Å²) >= 11 is 0. The molecule has 0 radical (unpaired) electrons. The summed E-state index contributed by atoms with van der Waals surface area (Å²) in [6.45, 7) is 5.40. The molecule has 3 atom stereocenters. The van der Waals surface area contributed by atoms with Crippen molar-refractivity contribution in [2.24, 2.45) is 0 Å². The maximum Gasteiger partial charge on any atom is 0.0312 e. The van der Waals surface area contributed by atoms with Crippen molar-refractivity contribution in [1.29, 1.82) is 0 Å². The molecule has 0 amide bonds. The van der Waals surface area contributed by atoms with E-state index < -0.39 is 0 Å². The van der Waals surface area contributed by atoms with E-state index >= 15 is 0 Å². The molecule has 3 saturated heterocycles. The summed E-state index contributed by atoms with van der Waals surface area (Å²) in [6, 6.07) is 23.2. The Morgan fingerprint density at radius 3 is 2.44 bits per heavy atom. The van der Waals surface area contributed by atoms with Gasteiger partial charge in [-0.15, -0.1) is 0 Å². The highest BCUT2D eigenvalue weighted by molar-refractivity contribution is 5.67. The summed E-state index contributed by atoms with van der Waals surface area (Å²) in [4.78, 5) is 6.80. The number of pyridine rings is 1. The van der Waals surface area contributed by atoms with Crippen LogP contribution < -0.4 is 5.32 Å². The third-order valence-corrected chi connectivity index (χ3v) is 6.09. The van der Waals surface area contributed by atoms with Crippen LogP contribution in [0.1, 0.15) is 22.6 Å². The number of benzene rings is 2. The molecule has 1 unspecified atom stereocenters. The first-order valence-corrected chi connectivity index (χ1v) is 9.81. The molecule has 1 aromatic heterocycles. The molecule has 27 heavy (non-hydrogen) atoms. The van der Waals surface area contributed by atoms with Crippen molar-refractivity contribution in [3.05, 3.63) is 89.7 Å². The number of piperidine rings is 1. The number of hydrogen-bond acceptors (Lipinski definition) is 3. The molecule has 3 fully saturated rings. The van der Waals surface area contributed by atoms with Crippen molar-refractivity contribution in [1.82, 2.24) is 15.2 Å². The van der Waals surface area contributed by atoms with Gasteiger partial charge in [-0.2, -0.15) is 0 Å². The summed E-state index contributed by atoms with van der Waals surface area (Å²) in [7, 11) is 0. The van der Waals surface area contributed by atoms with Crippen LogP contribution in [0.3, 0.4) is 0 Å². The highest BCUT2D eigenvalue weighted by Crippen LogP contribution is 2.38. The second-order valence-electron chi connectivity index (χ2n) is 7.90. The molecule has 0 spiro atoms. The molecule has 1 N–H and O–H groups in total. The molecule has 0 aliphatic carbocycles. The molecule has 4 heterocycles. The molecule has 6 rings (SSSR count). The Hall–Kier alpha value is -2.49. The number of nitrogens with zero attached hydrogens (tertiary/aromatic N) is 2. The van der Waals surface area contributed by atoms with Gasteiger partial charge in [0.05, 0.1) is 0 Å². The maximum atomic E-state index is 4.24. The smallest absolute Gasteiger partial charge is 0.0312 e. The minimum Gasteiger partial charge on any atom is -0.307 e. The number of fused-ring (bicyclic) bond motifs is 2. The lowest BCUT2D eigenvalue weighted by Gasteiger charge is -2.55. The number of aromatic nitrogens is 1. The fraction of sp³-hybridized carbons (Fsp3) is 0.292. The predicted octanol–water partition coefficient (Wildman–Crippen LogP) is 4.00. The average Bonchev–Trinajstić information content (AvgIpc) is 2.70. The topological polar surface area (TPSA) is 28.2 Å². The van der Waals surface area contributed by atoms with Crippen molar-refractivity contribution in [3.63, 3.8) is 0 Å². The van der Waals surface area contributed by atoms with E-state index in [1.54, 1.807) is 0 Å². The van der Waals surface area contributed by atoms with Crippen LogP contribution in [-0.2, 0) is 6.54 Å². The molecule has 3 aromatic rings. The van der Waals surface area contributed by atoms with Crippen molar-refractivity contribution in [3.8, 4) is 11.1 Å². The van der Waals surface area contributed by atoms with E-state index in [0.29, 0.717) is 18.0 Å². The van der Waals surface area contributed by atoms with Crippen LogP contribution in [0.2, 0.25) is 0 Å². The predicted molar refractivity (Wildman–Crippen MR) is 110 cm³/mol. The first kappa shape index (κ1) is 16.7. The number of nitrogens with one attached hydrogen (secondary N) is 1. The number of aryl methyl sites for hydroxylation is 1. The van der Waals surface area contributed by atoms with Crippen molar-refractivity contribution in [2.45, 2.75) is 31.5 Å². The number of rotatable bonds is 4. The van der Waals surface area contributed by atoms with Gasteiger partial charge in [-0.1, -0.05) is 54.6 Å². The van der Waals surface area contributed by atoms with Crippen LogP contribution >= 0.6 is 0 Å². The molecule has 2 bridgehead atoms. The Labute approximate surface area is 161 Å². The van der Waals surface area contributed by atoms with Crippen molar-refractivity contribution >= 4 is 0 Å². The van der Waals surface area contributed by atoms with Crippen LogP contribution in [0.4, 0.5) is 0 Å². The van der Waals surface area contributed by atoms with Gasteiger partial charge in [-0.3, -0.25) is 9.88 Å². The third-order valence-electron chi connectivity index (χ3n) is 6.09. The Balaban J connectivity index is 1.28. The highest BCUT2D eigenvalue weighted by Gasteiger charge is 2.46. The molecule has 3 heteroatoms. The van der Waals surface area contributed by atoms with Gasteiger partial charge < -0.3 is 5.32 Å². The molecular formula is C24H25N3. The summed E-state index contributed by atoms with van der Waals surface area (Å²) in [5.74, 6) is 0.640. The lowest BCUT2D eigenvalue weighted by atomic mass is 9.74. The van der Waals surface area contributed by atoms with E-state index in [1.807, 2.05) is 18.5 Å². The molecular weight excluding hydrogens is 330 g/mol. The van der Waals surface area contributed by atoms with Crippen LogP contribution in [-0.4, -0.2) is 35.1 Å². The lowest BCUT2D eigenvalue weighted by molar-refractivity contribution is 0.0470. The Kier molecular flexibility index (Phi) is 4.27. The quantitative estimate of drug-likeness (QED) is 0.767. The van der Waals surface area contributed by atoms with Gasteiger partial charge in [0, 0.05) is 50.0 Å². The zero-order valence-corrected chi connectivity index (χ0v) is 15.7. The third kappa shape index (κ3) is 3.18. The van der Waals surface area contributed by atoms with Gasteiger partial charge in [0.1, 0.15) is 0 Å². The maximum absolute atomic E-state index is 4.24. The van der Waals surface area contributed by atoms with Gasteiger partial charge in [-0.25, -0.2) is 0 Å². The summed E-state index contributed by atoms with van der Waals surface area (Å²) in [5, 5.41) is 3.74. The molecule has 136 valence electrons. The van der Waals surface area contributed by atoms with E-state index in [9.17, 15) is 0 Å². The summed E-state index contributed by atoms with van der Waals surface area (Å²) in [5.41, 5.74) is 6.75. The van der Waals surface area contributed by atoms with Gasteiger partial charge in [0.15, 0.2) is 0 Å². The summed E-state index contributed by atoms with van der Waals surface area (Å²) in [6.07, 6.45) is 3.82. The molecule has 3 aliphatic heterocycles. The highest BCUT2D eigenvalue weighted by atomic mass is 15.3. The van der Waals surface area contributed by atoms with Gasteiger partial charge in [0.25, 0.3) is 0 Å². The normalized spacial score (nSPS) is 24.4. The first-order valence-electron chi connectivity index (χ1n) is 9.81. The van der Waals surface area contributed by atoms with E-state index in [-0.39, 0.29) is 0 Å². The fourth-order valence-electron chi connectivity index (χ4n) is 4.73. The Bertz CT molecular complexity index is 908. The second kappa shape index (κ2) is 6.91. The van der Waals surface area contributed by atoms with E-state index in [2.05, 4.69) is 76.7 Å². The average molecular weight is 355 g/mol. The van der Waals surface area contributed by atoms with Gasteiger partial charge in [0.2, 0.25) is 0 Å². The zero-order valence-electron chi connectivity index (χ0n) is 15.7. The second-order valence-corrected chi connectivity index (χ2v) is 7.90. The Morgan fingerprint density at radius 1 is 0.963 bits per heavy atom. The van der Waals surface area contributed by atoms with E-state index in [4.69, 9.17) is 0 Å². The van der Waals surface area contributed by atoms with Crippen LogP contribution in [0, 0.1) is 6.92 Å². The Morgan fingerprint density at radius 2 is 1.74 bits per heavy atom. The minimum absolute atomic E-state index is 0.560. The SMILES string of the molecule is Cc1ccccc1-c1ccc(C2[C@@H]3CN(Cc4cccnc4)C[C@H]2N3)cc1. The van der Waals surface area contributed by atoms with Crippen LogP contribution in [0.5, 0.6) is 0 Å². The van der Waals surface area contributed by atoms with Crippen molar-refractivity contribution in [2.75, 3.05) is 13.1 Å². The van der Waals surface area contributed by atoms with Crippen LogP contribution in [0.15, 0.2) is 73.1 Å². The zero-order chi connectivity index (χ0) is 18.2. The number of piperazine rings is 1. The lowest BCUT2D eigenvalue weighted by Crippen LogP contribution is -2.71. The fourth-order valence-corrected chi connectivity index (χ4v) is 4.73. The van der Waals surface area contributed by atoms with Crippen molar-refractivity contribution < 1.29 is 0 Å². The first-order chi connectivity index (χ1) is 13.3. The summed E-state index contributed by atoms with van der Waals surface area (Å²) < 4.78 is 0. The monoisotopic (exact) mass is 355 g/mol. The van der Waals surface area contributed by atoms with Gasteiger partial charge in [-0.05, 0) is 40.8 Å². The van der Waals surface area contributed by atoms with E-state index in [1.165, 1.54) is 27.8 Å². The number of hydrogen-bond donors (Lipinski definition) is 1. The largest absolute Gasteiger partial charge is 0.307 e. The molecule has 3 nitrogen and oxygen atoms in total. The molecule has 2 aromatic carbocycles. The van der Waals surface area contributed by atoms with Crippen LogP contribution in [0.25, 0.3) is 11.1 Å².